The number of aromatic nitrogens is 6. The Labute approximate surface area is 644 Å². The minimum atomic E-state index is -5.03. The van der Waals surface area contributed by atoms with Crippen molar-refractivity contribution in [3.05, 3.63) is 156 Å². The maximum absolute atomic E-state index is 14.0. The van der Waals surface area contributed by atoms with Crippen LogP contribution in [-0.2, 0) is 76.4 Å². The maximum Gasteiger partial charge on any atom is 0.446 e. The van der Waals surface area contributed by atoms with Crippen molar-refractivity contribution < 1.29 is 122 Å². The van der Waals surface area contributed by atoms with Gasteiger partial charge in [-0.15, -0.1) is 0 Å². The molecule has 39 heteroatoms. The number of piperidine rings is 3. The number of benzene rings is 3. The number of H-pyrrole nitrogens is 3. The number of rotatable bonds is 5. The average molecular weight is 1650 g/mol. The summed E-state index contributed by atoms with van der Waals surface area (Å²) in [6.45, 7) is 22.3. The lowest BCUT2D eigenvalue weighted by atomic mass is 9.85. The van der Waals surface area contributed by atoms with Crippen LogP contribution in [0, 0.1) is 41.8 Å². The summed E-state index contributed by atoms with van der Waals surface area (Å²) in [7, 11) is 0. The maximum atomic E-state index is 14.0. The Balaban J connectivity index is 0.000000210. The predicted molar refractivity (Wildman–Crippen MR) is 375 cm³/mol. The van der Waals surface area contributed by atoms with Crippen molar-refractivity contribution in [3.63, 3.8) is 0 Å². The van der Waals surface area contributed by atoms with Crippen LogP contribution >= 0.6 is 0 Å². The number of fused-ring (bicyclic) bond motifs is 3. The van der Waals surface area contributed by atoms with Crippen molar-refractivity contribution in [2.24, 2.45) is 0 Å². The van der Waals surface area contributed by atoms with E-state index >= 15 is 0 Å². The SMILES string of the molecule is C.CC(C)(C)OC(=O)N1CCC(c2ccc(F)c(F)c2C(F)(F)F)CC1.CC(C)(C)OC(=O)N1CCc2c(C(=O)N3CCC(c4ccc(F)c(F)c4C(F)(F)F)CC3)n[nH]c2C1.Cc1[nH]nc2c1CCN(C(=O)OC(C)(C)C)C2.O=C(c1n[nH]c2c1CCNC2)N1CCC(c2ccc(F)c(F)c2C(F)(F)F)CC1.O=CC(F)(F)F. The highest BCUT2D eigenvalue weighted by atomic mass is 19.4. The van der Waals surface area contributed by atoms with E-state index in [2.05, 4.69) is 35.9 Å². The summed E-state index contributed by atoms with van der Waals surface area (Å²) in [5.74, 6) is -12.8. The van der Waals surface area contributed by atoms with Crippen molar-refractivity contribution in [2.75, 3.05) is 58.9 Å². The molecule has 0 radical (unpaired) electrons. The number of aromatic amines is 3. The Morgan fingerprint density at radius 3 is 1.11 bits per heavy atom. The Bertz CT molecular complexity index is 4380. The van der Waals surface area contributed by atoms with E-state index in [0.29, 0.717) is 68.1 Å². The van der Waals surface area contributed by atoms with Gasteiger partial charge in [-0.1, -0.05) is 25.6 Å². The summed E-state index contributed by atoms with van der Waals surface area (Å²) < 4.78 is 249. The fourth-order valence-corrected chi connectivity index (χ4v) is 13.7. The number of ether oxygens (including phenoxy) is 3. The highest BCUT2D eigenvalue weighted by Gasteiger charge is 2.45. The molecule has 6 aliphatic heterocycles. The molecule has 0 saturated carbocycles. The highest BCUT2D eigenvalue weighted by molar-refractivity contribution is 5.95. The first-order valence-corrected chi connectivity index (χ1v) is 35.9. The molecule has 3 fully saturated rings. The second-order valence-corrected chi connectivity index (χ2v) is 30.6. The van der Waals surface area contributed by atoms with Gasteiger partial charge in [0.1, 0.15) is 16.8 Å². The molecule has 114 heavy (non-hydrogen) atoms. The number of alkyl halides is 12. The van der Waals surface area contributed by atoms with E-state index < -0.39 is 129 Å². The lowest BCUT2D eigenvalue weighted by Crippen LogP contribution is -2.41. The topological polar surface area (TPSA) is 244 Å². The number of aldehydes is 1. The number of hydrogen-bond donors (Lipinski definition) is 4. The van der Waals surface area contributed by atoms with Crippen molar-refractivity contribution in [2.45, 2.75) is 213 Å². The van der Waals surface area contributed by atoms with Gasteiger partial charge in [-0.05, 0) is 192 Å². The van der Waals surface area contributed by atoms with Gasteiger partial charge in [0.05, 0.1) is 46.9 Å². The molecule has 0 unspecified atom stereocenters. The smallest absolute Gasteiger partial charge is 0.444 e. The summed E-state index contributed by atoms with van der Waals surface area (Å²) in [6, 6.07) is 5.09. The molecule has 6 aliphatic rings. The van der Waals surface area contributed by atoms with Gasteiger partial charge in [0, 0.05) is 75.7 Å². The van der Waals surface area contributed by atoms with Gasteiger partial charge in [0.15, 0.2) is 46.3 Å². The molecule has 3 saturated heterocycles. The van der Waals surface area contributed by atoms with Crippen LogP contribution in [0.4, 0.5) is 93.4 Å². The first kappa shape index (κ1) is 91.6. The lowest BCUT2D eigenvalue weighted by molar-refractivity contribution is -0.156. The molecule has 5 amide bonds. The molecular weight excluding hydrogens is 1550 g/mol. The van der Waals surface area contributed by atoms with Gasteiger partial charge < -0.3 is 44.0 Å². The molecule has 6 aromatic rings. The van der Waals surface area contributed by atoms with Crippen LogP contribution in [0.25, 0.3) is 0 Å². The van der Waals surface area contributed by atoms with Crippen LogP contribution in [0.2, 0.25) is 0 Å². The van der Waals surface area contributed by atoms with E-state index in [0.717, 1.165) is 59.9 Å². The molecule has 0 atom stereocenters. The number of carbonyl (C=O) groups is 6. The first-order chi connectivity index (χ1) is 52.4. The molecule has 630 valence electrons. The van der Waals surface area contributed by atoms with Crippen molar-refractivity contribution in [1.29, 1.82) is 0 Å². The van der Waals surface area contributed by atoms with Gasteiger partial charge in [-0.3, -0.25) is 29.7 Å². The summed E-state index contributed by atoms with van der Waals surface area (Å²) >= 11 is 0. The molecule has 3 aromatic heterocycles. The molecule has 12 rings (SSSR count). The van der Waals surface area contributed by atoms with Crippen molar-refractivity contribution in [1.82, 2.24) is 60.4 Å². The van der Waals surface area contributed by atoms with Crippen molar-refractivity contribution in [3.8, 4) is 0 Å². The van der Waals surface area contributed by atoms with E-state index in [1.807, 2.05) is 27.7 Å². The summed E-state index contributed by atoms with van der Waals surface area (Å²) in [5, 5.41) is 24.3. The van der Waals surface area contributed by atoms with E-state index in [1.165, 1.54) is 20.3 Å². The number of nitrogens with zero attached hydrogens (tertiary/aromatic N) is 8. The molecule has 0 spiro atoms. The van der Waals surface area contributed by atoms with Gasteiger partial charge in [0.2, 0.25) is 6.29 Å². The number of nitrogens with one attached hydrogen (secondary N) is 4. The minimum absolute atomic E-state index is 0. The molecule has 0 aliphatic carbocycles. The Morgan fingerprint density at radius 1 is 0.430 bits per heavy atom. The number of likely N-dealkylation sites (tertiary alicyclic amines) is 3. The standard InChI is InChI=1S/C24H27F5N4O3.C19H19F5N4O.C17H20F5NO2.C12H19N3O2.C2HF3O.CH4/c1-23(2,3)36-22(35)33-11-8-15-17(12-33)30-31-20(15)21(34)32-9-6-13(7-10-32)14-4-5-16(25)19(26)18(14)24(27,28)29;20-13-2-1-11(15(16(13)21)19(22,23)24)10-4-7-28(8-5-10)18(29)17-12-3-6-25-9-14(12)26-27-17;1-16(2,3)25-15(24)23-8-6-10(7-9-23)11-4-5-12(18)14(19)13(11)17(20,21)22;1-8-9-5-6-15(7-10(9)14-13-8)11(16)17-12(2,3)4;3-2(4,5)1-6;/h4-5,13H,6-12H2,1-3H3,(H,30,31);1-2,10,25H,3-9H2,(H,26,27);4-5,10H,6-9H2,1-3H3;5-7H2,1-4H3,(H,13,14);1H;1H4. The molecule has 0 bridgehead atoms. The number of aryl methyl sites for hydroxylation is 1. The molecule has 21 nitrogen and oxygen atoms in total. The monoisotopic (exact) mass is 1640 g/mol. The van der Waals surface area contributed by atoms with Gasteiger partial charge in [-0.25, -0.2) is 40.7 Å². The largest absolute Gasteiger partial charge is 0.446 e. The van der Waals surface area contributed by atoms with E-state index in [4.69, 9.17) is 19.0 Å². The van der Waals surface area contributed by atoms with Crippen LogP contribution in [0.1, 0.15) is 220 Å². The zero-order chi connectivity index (χ0) is 84.0. The fraction of sp³-hybridized carbons (Fsp3) is 0.560. The van der Waals surface area contributed by atoms with Gasteiger partial charge in [-0.2, -0.15) is 68.0 Å². The first-order valence-electron chi connectivity index (χ1n) is 35.9. The van der Waals surface area contributed by atoms with Gasteiger partial charge in [0.25, 0.3) is 11.8 Å². The third-order valence-corrected chi connectivity index (χ3v) is 19.0. The van der Waals surface area contributed by atoms with Crippen LogP contribution in [0.5, 0.6) is 0 Å². The number of amides is 5. The fourth-order valence-electron chi connectivity index (χ4n) is 13.7. The van der Waals surface area contributed by atoms with E-state index in [1.54, 1.807) is 51.3 Å². The van der Waals surface area contributed by atoms with Crippen LogP contribution in [0.15, 0.2) is 36.4 Å². The van der Waals surface area contributed by atoms with Crippen LogP contribution < -0.4 is 5.32 Å². The number of hydrogen-bond acceptors (Lipinski definition) is 13. The third kappa shape index (κ3) is 23.6. The second-order valence-electron chi connectivity index (χ2n) is 30.6. The molecule has 9 heterocycles. The van der Waals surface area contributed by atoms with E-state index in [9.17, 15) is 103 Å². The number of halogens is 18. The van der Waals surface area contributed by atoms with Crippen molar-refractivity contribution >= 4 is 36.4 Å². The third-order valence-electron chi connectivity index (χ3n) is 19.0. The van der Waals surface area contributed by atoms with E-state index in [-0.39, 0.29) is 132 Å². The Hall–Kier alpha value is -9.59. The minimum Gasteiger partial charge on any atom is -0.444 e. The summed E-state index contributed by atoms with van der Waals surface area (Å²) in [4.78, 5) is 78.6. The lowest BCUT2D eigenvalue weighted by Gasteiger charge is -2.34. The Morgan fingerprint density at radius 2 is 0.754 bits per heavy atom. The van der Waals surface area contributed by atoms with Gasteiger partial charge >= 0.3 is 43.0 Å². The quantitative estimate of drug-likeness (QED) is 0.0714. The molecular formula is C75H90F18N12O9. The highest BCUT2D eigenvalue weighted by Crippen LogP contribution is 2.45. The zero-order valence-electron chi connectivity index (χ0n) is 63.2. The average Bonchev–Trinajstić information content (AvgIpc) is 1.10. The molecule has 4 N–H and O–H groups in total. The summed E-state index contributed by atoms with van der Waals surface area (Å²) in [5.41, 5.74) is -0.327. The number of carbonyl (C=O) groups excluding carboxylic acids is 6. The van der Waals surface area contributed by atoms with Crippen LogP contribution in [-0.4, -0.2) is 173 Å². The predicted octanol–water partition coefficient (Wildman–Crippen LogP) is 16.9. The van der Waals surface area contributed by atoms with Crippen LogP contribution in [0.3, 0.4) is 0 Å². The Kier molecular flexibility index (Phi) is 29.3. The normalized spacial score (nSPS) is 16.6. The second kappa shape index (κ2) is 36.5. The summed E-state index contributed by atoms with van der Waals surface area (Å²) in [6.07, 6.45) is -18.8. The zero-order valence-corrected chi connectivity index (χ0v) is 63.2. The molecule has 3 aromatic carbocycles.